The number of methoxy groups -OCH3 is 1. The maximum Gasteiger partial charge on any atom is 0.339 e. The Morgan fingerprint density at radius 3 is 2.65 bits per heavy atom. The first-order valence-electron chi connectivity index (χ1n) is 5.21. The van der Waals surface area contributed by atoms with Crippen molar-refractivity contribution in [3.8, 4) is 0 Å². The van der Waals surface area contributed by atoms with Crippen LogP contribution in [-0.2, 0) is 27.6 Å². The largest absolute Gasteiger partial charge is 0.465 e. The van der Waals surface area contributed by atoms with Crippen molar-refractivity contribution in [1.82, 2.24) is 0 Å². The standard InChI is InChI=1S/C11H13NO4S/c1-16-11(13)10-8-4-2-3-7(8)5-6-9(10)17(12,14)15/h5-6H,2-4H2,1H3,(H2,12,14,15). The second kappa shape index (κ2) is 4.12. The van der Waals surface area contributed by atoms with Crippen LogP contribution in [0.2, 0.25) is 0 Å². The Hall–Kier alpha value is -1.40. The van der Waals surface area contributed by atoms with Gasteiger partial charge in [0.15, 0.2) is 0 Å². The van der Waals surface area contributed by atoms with Gasteiger partial charge in [0.1, 0.15) is 0 Å². The minimum absolute atomic E-state index is 0.102. The third kappa shape index (κ3) is 2.05. The Kier molecular flexibility index (Phi) is 2.92. The van der Waals surface area contributed by atoms with Crippen molar-refractivity contribution in [1.29, 1.82) is 0 Å². The van der Waals surface area contributed by atoms with Gasteiger partial charge in [-0.2, -0.15) is 0 Å². The van der Waals surface area contributed by atoms with Gasteiger partial charge in [-0.3, -0.25) is 0 Å². The molecule has 0 spiro atoms. The topological polar surface area (TPSA) is 86.5 Å². The fraction of sp³-hybridized carbons (Fsp3) is 0.364. The van der Waals surface area contributed by atoms with Gasteiger partial charge in [0, 0.05) is 0 Å². The number of sulfonamides is 1. The van der Waals surface area contributed by atoms with Crippen molar-refractivity contribution in [2.45, 2.75) is 24.2 Å². The predicted molar refractivity (Wildman–Crippen MR) is 61.2 cm³/mol. The van der Waals surface area contributed by atoms with Gasteiger partial charge in [0.25, 0.3) is 0 Å². The van der Waals surface area contributed by atoms with Crippen molar-refractivity contribution < 1.29 is 17.9 Å². The van der Waals surface area contributed by atoms with Gasteiger partial charge < -0.3 is 4.74 Å². The first-order valence-corrected chi connectivity index (χ1v) is 6.75. The van der Waals surface area contributed by atoms with E-state index in [0.717, 1.165) is 24.0 Å². The quantitative estimate of drug-likeness (QED) is 0.784. The summed E-state index contributed by atoms with van der Waals surface area (Å²) in [6.45, 7) is 0. The summed E-state index contributed by atoms with van der Waals surface area (Å²) >= 11 is 0. The fourth-order valence-electron chi connectivity index (χ4n) is 2.21. The average Bonchev–Trinajstić information content (AvgIpc) is 2.73. The molecule has 0 atom stereocenters. The van der Waals surface area contributed by atoms with Crippen molar-refractivity contribution >= 4 is 16.0 Å². The molecule has 0 saturated carbocycles. The Morgan fingerprint density at radius 2 is 2.06 bits per heavy atom. The molecule has 0 saturated heterocycles. The van der Waals surface area contributed by atoms with Crippen LogP contribution < -0.4 is 5.14 Å². The van der Waals surface area contributed by atoms with Crippen LogP contribution in [0.5, 0.6) is 0 Å². The van der Waals surface area contributed by atoms with Gasteiger partial charge in [0.05, 0.1) is 17.6 Å². The summed E-state index contributed by atoms with van der Waals surface area (Å²) in [5, 5.41) is 5.11. The fourth-order valence-corrected chi connectivity index (χ4v) is 2.96. The van der Waals surface area contributed by atoms with Crippen molar-refractivity contribution in [2.24, 2.45) is 5.14 Å². The van der Waals surface area contributed by atoms with Crippen molar-refractivity contribution in [2.75, 3.05) is 7.11 Å². The maximum atomic E-state index is 11.7. The van der Waals surface area contributed by atoms with Gasteiger partial charge in [-0.15, -0.1) is 0 Å². The molecule has 92 valence electrons. The number of carbonyl (C=O) groups is 1. The Bertz CT molecular complexity index is 577. The van der Waals surface area contributed by atoms with Crippen LogP contribution in [0.25, 0.3) is 0 Å². The van der Waals surface area contributed by atoms with E-state index >= 15 is 0 Å². The Morgan fingerprint density at radius 1 is 1.35 bits per heavy atom. The number of fused-ring (bicyclic) bond motifs is 1. The summed E-state index contributed by atoms with van der Waals surface area (Å²) in [4.78, 5) is 11.6. The average molecular weight is 255 g/mol. The molecule has 0 unspecified atom stereocenters. The number of rotatable bonds is 2. The molecule has 0 bridgehead atoms. The summed E-state index contributed by atoms with van der Waals surface area (Å²) in [6, 6.07) is 3.10. The highest BCUT2D eigenvalue weighted by Gasteiger charge is 2.27. The molecule has 1 aromatic rings. The smallest absolute Gasteiger partial charge is 0.339 e. The summed E-state index contributed by atoms with van der Waals surface area (Å²) in [7, 11) is -2.69. The van der Waals surface area contributed by atoms with E-state index in [2.05, 4.69) is 4.74 Å². The first kappa shape index (κ1) is 12.1. The molecular formula is C11H13NO4S. The molecule has 2 rings (SSSR count). The van der Waals surface area contributed by atoms with Crippen LogP contribution in [0, 0.1) is 0 Å². The molecule has 5 nitrogen and oxygen atoms in total. The molecule has 0 aromatic heterocycles. The van der Waals surface area contributed by atoms with Crippen LogP contribution in [0.4, 0.5) is 0 Å². The van der Waals surface area contributed by atoms with E-state index in [0.29, 0.717) is 6.42 Å². The zero-order valence-electron chi connectivity index (χ0n) is 9.39. The molecule has 0 fully saturated rings. The van der Waals surface area contributed by atoms with E-state index in [1.54, 1.807) is 6.07 Å². The third-order valence-corrected chi connectivity index (χ3v) is 3.89. The zero-order valence-corrected chi connectivity index (χ0v) is 10.2. The number of hydrogen-bond donors (Lipinski definition) is 1. The van der Waals surface area contributed by atoms with Gasteiger partial charge >= 0.3 is 5.97 Å². The lowest BCUT2D eigenvalue weighted by Gasteiger charge is -2.11. The number of carbonyl (C=O) groups excluding carboxylic acids is 1. The number of hydrogen-bond acceptors (Lipinski definition) is 4. The van der Waals surface area contributed by atoms with Gasteiger partial charge in [-0.25, -0.2) is 18.4 Å². The van der Waals surface area contributed by atoms with Crippen molar-refractivity contribution in [3.05, 3.63) is 28.8 Å². The SMILES string of the molecule is COC(=O)c1c(S(N)(=O)=O)ccc2c1CCC2. The van der Waals surface area contributed by atoms with E-state index in [1.807, 2.05) is 0 Å². The summed E-state index contributed by atoms with van der Waals surface area (Å²) in [5.74, 6) is -0.646. The molecule has 0 aliphatic heterocycles. The monoisotopic (exact) mass is 255 g/mol. The van der Waals surface area contributed by atoms with Gasteiger partial charge in [-0.05, 0) is 36.5 Å². The number of benzene rings is 1. The molecule has 6 heteroatoms. The number of ether oxygens (including phenoxy) is 1. The van der Waals surface area contributed by atoms with Crippen LogP contribution in [0.3, 0.4) is 0 Å². The zero-order chi connectivity index (χ0) is 12.6. The molecule has 17 heavy (non-hydrogen) atoms. The van der Waals surface area contributed by atoms with Gasteiger partial charge in [0.2, 0.25) is 10.0 Å². The highest BCUT2D eigenvalue weighted by Crippen LogP contribution is 2.30. The highest BCUT2D eigenvalue weighted by atomic mass is 32.2. The van der Waals surface area contributed by atoms with Crippen LogP contribution in [0.15, 0.2) is 17.0 Å². The third-order valence-electron chi connectivity index (χ3n) is 2.94. The second-order valence-electron chi connectivity index (χ2n) is 3.97. The number of aryl methyl sites for hydroxylation is 1. The maximum absolute atomic E-state index is 11.7. The molecule has 0 amide bonds. The van der Waals surface area contributed by atoms with Gasteiger partial charge in [-0.1, -0.05) is 6.07 Å². The van der Waals surface area contributed by atoms with Crippen LogP contribution in [0.1, 0.15) is 27.9 Å². The minimum atomic E-state index is -3.91. The van der Waals surface area contributed by atoms with E-state index in [1.165, 1.54) is 13.2 Å². The first-order chi connectivity index (χ1) is 7.95. The molecule has 2 N–H and O–H groups in total. The summed E-state index contributed by atoms with van der Waals surface area (Å²) in [6.07, 6.45) is 2.45. The predicted octanol–water partition coefficient (Wildman–Crippen LogP) is 0.609. The lowest BCUT2D eigenvalue weighted by Crippen LogP contribution is -2.19. The number of esters is 1. The summed E-state index contributed by atoms with van der Waals surface area (Å²) in [5.41, 5.74) is 1.85. The van der Waals surface area contributed by atoms with E-state index < -0.39 is 16.0 Å². The van der Waals surface area contributed by atoms with E-state index in [9.17, 15) is 13.2 Å². The Labute approximate surface area is 99.6 Å². The normalized spacial score (nSPS) is 14.5. The van der Waals surface area contributed by atoms with Crippen LogP contribution in [-0.4, -0.2) is 21.5 Å². The lowest BCUT2D eigenvalue weighted by molar-refractivity contribution is 0.0595. The molecule has 1 aliphatic carbocycles. The number of nitrogens with two attached hydrogens (primary N) is 1. The molecule has 0 heterocycles. The lowest BCUT2D eigenvalue weighted by atomic mass is 10.0. The molecule has 0 radical (unpaired) electrons. The van der Waals surface area contributed by atoms with E-state index in [4.69, 9.17) is 5.14 Å². The molecule has 1 aromatic carbocycles. The van der Waals surface area contributed by atoms with Crippen LogP contribution >= 0.6 is 0 Å². The molecular weight excluding hydrogens is 242 g/mol. The number of primary sulfonamides is 1. The highest BCUT2D eigenvalue weighted by molar-refractivity contribution is 7.89. The molecule has 1 aliphatic rings. The van der Waals surface area contributed by atoms with E-state index in [-0.39, 0.29) is 10.5 Å². The Balaban J connectivity index is 2.74. The second-order valence-corrected chi connectivity index (χ2v) is 5.50. The summed E-state index contributed by atoms with van der Waals surface area (Å²) < 4.78 is 27.5. The minimum Gasteiger partial charge on any atom is -0.465 e. The van der Waals surface area contributed by atoms with Crippen molar-refractivity contribution in [3.63, 3.8) is 0 Å².